The van der Waals surface area contributed by atoms with Crippen molar-refractivity contribution in [3.05, 3.63) is 65.4 Å². The van der Waals surface area contributed by atoms with E-state index in [4.69, 9.17) is 14.6 Å². The van der Waals surface area contributed by atoms with Crippen LogP contribution < -0.4 is 19.7 Å². The Hall–Kier alpha value is -3.50. The lowest BCUT2D eigenvalue weighted by Crippen LogP contribution is -2.43. The van der Waals surface area contributed by atoms with Crippen LogP contribution in [0.1, 0.15) is 42.8 Å². The second-order valence-corrected chi connectivity index (χ2v) is 12.1. The van der Waals surface area contributed by atoms with Gasteiger partial charge in [-0.1, -0.05) is 39.0 Å². The van der Waals surface area contributed by atoms with E-state index in [0.717, 1.165) is 28.3 Å². The summed E-state index contributed by atoms with van der Waals surface area (Å²) < 4.78 is 12.9. The molecule has 0 unspecified atom stereocenters. The molecule has 0 bridgehead atoms. The summed E-state index contributed by atoms with van der Waals surface area (Å²) in [6.45, 7) is 7.43. The Morgan fingerprint density at radius 1 is 1.10 bits per heavy atom. The molecule has 2 amide bonds. The fourth-order valence-corrected chi connectivity index (χ4v) is 5.95. The lowest BCUT2D eigenvalue weighted by atomic mass is 9.87. The number of nitrogens with one attached hydrogen (secondary N) is 1. The third-order valence-corrected chi connectivity index (χ3v) is 7.96. The molecule has 1 atom stereocenters. The van der Waals surface area contributed by atoms with E-state index in [-0.39, 0.29) is 34.8 Å². The van der Waals surface area contributed by atoms with Gasteiger partial charge in [-0.25, -0.2) is 4.68 Å². The van der Waals surface area contributed by atoms with Gasteiger partial charge in [-0.05, 0) is 44.4 Å². The number of carbonyl (C=O) groups is 2. The number of thioether (sulfide) groups is 1. The van der Waals surface area contributed by atoms with Gasteiger partial charge in [0.15, 0.2) is 0 Å². The number of hydrogen-bond acceptors (Lipinski definition) is 7. The molecule has 4 rings (SSSR count). The summed E-state index contributed by atoms with van der Waals surface area (Å²) in [5, 5.41) is 7.85. The van der Waals surface area contributed by atoms with E-state index in [2.05, 4.69) is 26.1 Å². The molecular weight excluding hydrogens is 526 g/mol. The molecule has 0 aliphatic carbocycles. The van der Waals surface area contributed by atoms with Crippen molar-refractivity contribution in [2.75, 3.05) is 58.6 Å². The van der Waals surface area contributed by atoms with Gasteiger partial charge < -0.3 is 19.7 Å². The number of hydrogen-bond donors (Lipinski definition) is 1. The summed E-state index contributed by atoms with van der Waals surface area (Å²) in [4.78, 5) is 30.5. The molecule has 1 N–H and O–H groups in total. The molecule has 214 valence electrons. The van der Waals surface area contributed by atoms with Crippen LogP contribution in [-0.2, 0) is 15.0 Å². The van der Waals surface area contributed by atoms with Gasteiger partial charge in [0.1, 0.15) is 23.9 Å². The number of rotatable bonds is 9. The van der Waals surface area contributed by atoms with Gasteiger partial charge in [-0.15, -0.1) is 11.8 Å². The number of aromatic nitrogens is 2. The Morgan fingerprint density at radius 3 is 2.42 bits per heavy atom. The predicted octanol–water partition coefficient (Wildman–Crippen LogP) is 4.03. The molecule has 0 fully saturated rings. The van der Waals surface area contributed by atoms with E-state index in [1.165, 1.54) is 11.8 Å². The van der Waals surface area contributed by atoms with Crippen molar-refractivity contribution in [2.45, 2.75) is 31.4 Å². The first kappa shape index (κ1) is 29.5. The fourth-order valence-electron chi connectivity index (χ4n) is 4.72. The van der Waals surface area contributed by atoms with Crippen LogP contribution in [0.15, 0.2) is 48.5 Å². The van der Waals surface area contributed by atoms with Crippen molar-refractivity contribution in [3.8, 4) is 17.2 Å². The van der Waals surface area contributed by atoms with E-state index in [9.17, 15) is 9.59 Å². The number of nitrogens with zero attached hydrogens (tertiary/aromatic N) is 4. The number of ether oxygens (including phenoxy) is 2. The largest absolute Gasteiger partial charge is 0.497 e. The second-order valence-electron chi connectivity index (χ2n) is 11.0. The number of benzene rings is 2. The summed E-state index contributed by atoms with van der Waals surface area (Å²) in [5.41, 5.74) is 3.14. The lowest BCUT2D eigenvalue weighted by Gasteiger charge is -2.25. The third-order valence-electron chi connectivity index (χ3n) is 6.72. The molecule has 2 aromatic carbocycles. The first-order valence-electron chi connectivity index (χ1n) is 13.3. The van der Waals surface area contributed by atoms with E-state index >= 15 is 0 Å². The van der Waals surface area contributed by atoms with E-state index in [1.54, 1.807) is 23.8 Å². The van der Waals surface area contributed by atoms with Crippen molar-refractivity contribution < 1.29 is 19.1 Å². The first-order chi connectivity index (χ1) is 19.0. The molecule has 9 nitrogen and oxygen atoms in total. The van der Waals surface area contributed by atoms with Crippen molar-refractivity contribution in [2.24, 2.45) is 0 Å². The molecule has 40 heavy (non-hydrogen) atoms. The quantitative estimate of drug-likeness (QED) is 0.419. The van der Waals surface area contributed by atoms with Crippen molar-refractivity contribution in [3.63, 3.8) is 0 Å². The zero-order valence-electron chi connectivity index (χ0n) is 24.4. The Balaban J connectivity index is 1.94. The van der Waals surface area contributed by atoms with Crippen LogP contribution >= 0.6 is 11.8 Å². The minimum atomic E-state index is -0.352. The highest BCUT2D eigenvalue weighted by Gasteiger charge is 2.40. The average Bonchev–Trinajstić information content (AvgIpc) is 3.26. The molecule has 1 aliphatic heterocycles. The number of fused-ring (bicyclic) bond motifs is 1. The Morgan fingerprint density at radius 2 is 1.80 bits per heavy atom. The highest BCUT2D eigenvalue weighted by atomic mass is 32.2. The molecule has 1 aliphatic rings. The van der Waals surface area contributed by atoms with Gasteiger partial charge >= 0.3 is 0 Å². The highest BCUT2D eigenvalue weighted by molar-refractivity contribution is 8.00. The number of carbonyl (C=O) groups excluding carboxylic acids is 2. The van der Waals surface area contributed by atoms with Gasteiger partial charge in [0, 0.05) is 29.6 Å². The van der Waals surface area contributed by atoms with Crippen molar-refractivity contribution >= 4 is 29.4 Å². The van der Waals surface area contributed by atoms with Gasteiger partial charge in [0.25, 0.3) is 0 Å². The van der Waals surface area contributed by atoms with E-state index in [1.807, 2.05) is 67.5 Å². The molecule has 10 heteroatoms. The molecule has 3 aromatic rings. The van der Waals surface area contributed by atoms with Gasteiger partial charge in [0.05, 0.1) is 36.6 Å². The molecule has 2 heterocycles. The summed E-state index contributed by atoms with van der Waals surface area (Å²) in [7, 11) is 7.18. The SMILES string of the molecule is COc1ccc(-n2nc(C(C)(C)C)c3c2N(CC(=O)NCCN(C)C)C(=O)CS[C@@H]3c2ccccc2OC)cc1. The number of para-hydroxylation sites is 1. The molecule has 0 spiro atoms. The van der Waals surface area contributed by atoms with Crippen LogP contribution in [0, 0.1) is 0 Å². The highest BCUT2D eigenvalue weighted by Crippen LogP contribution is 2.50. The number of anilines is 1. The number of likely N-dealkylation sites (N-methyl/N-ethyl adjacent to an activating group) is 1. The summed E-state index contributed by atoms with van der Waals surface area (Å²) >= 11 is 1.53. The fraction of sp³-hybridized carbons (Fsp3) is 0.433. The van der Waals surface area contributed by atoms with Crippen LogP contribution in [0.3, 0.4) is 0 Å². The van der Waals surface area contributed by atoms with Gasteiger partial charge in [-0.2, -0.15) is 5.10 Å². The summed E-state index contributed by atoms with van der Waals surface area (Å²) in [6.07, 6.45) is 0. The maximum absolute atomic E-state index is 13.8. The van der Waals surface area contributed by atoms with Crippen molar-refractivity contribution in [1.29, 1.82) is 0 Å². The monoisotopic (exact) mass is 565 g/mol. The minimum Gasteiger partial charge on any atom is -0.497 e. The van der Waals surface area contributed by atoms with E-state index in [0.29, 0.717) is 24.7 Å². The zero-order valence-corrected chi connectivity index (χ0v) is 25.2. The maximum atomic E-state index is 13.8. The summed E-state index contributed by atoms with van der Waals surface area (Å²) in [6, 6.07) is 15.4. The molecule has 0 radical (unpaired) electrons. The average molecular weight is 566 g/mol. The Labute approximate surface area is 240 Å². The van der Waals surface area contributed by atoms with Crippen molar-refractivity contribution in [1.82, 2.24) is 20.0 Å². The van der Waals surface area contributed by atoms with Crippen LogP contribution in [0.25, 0.3) is 5.69 Å². The second kappa shape index (κ2) is 12.3. The molecule has 1 aromatic heterocycles. The third kappa shape index (κ3) is 6.28. The Kier molecular flexibility index (Phi) is 9.10. The molecule has 0 saturated carbocycles. The number of methoxy groups -OCH3 is 2. The predicted molar refractivity (Wildman–Crippen MR) is 160 cm³/mol. The normalized spacial score (nSPS) is 15.6. The Bertz CT molecular complexity index is 1350. The molecular formula is C30H39N5O4S. The van der Waals surface area contributed by atoms with Crippen LogP contribution in [0.5, 0.6) is 11.5 Å². The van der Waals surface area contributed by atoms with E-state index < -0.39 is 0 Å². The van der Waals surface area contributed by atoms with Gasteiger partial charge in [0.2, 0.25) is 11.8 Å². The molecule has 0 saturated heterocycles. The first-order valence-corrected chi connectivity index (χ1v) is 14.3. The topological polar surface area (TPSA) is 88.9 Å². The zero-order chi connectivity index (χ0) is 29.0. The van der Waals surface area contributed by atoms with Crippen LogP contribution in [0.2, 0.25) is 0 Å². The van der Waals surface area contributed by atoms with Crippen LogP contribution in [-0.4, -0.2) is 80.2 Å². The number of amides is 2. The smallest absolute Gasteiger partial charge is 0.240 e. The van der Waals surface area contributed by atoms with Crippen LogP contribution in [0.4, 0.5) is 5.82 Å². The van der Waals surface area contributed by atoms with Gasteiger partial charge in [-0.3, -0.25) is 14.5 Å². The maximum Gasteiger partial charge on any atom is 0.240 e. The standard InChI is InChI=1S/C30H39N5O4S/c1-30(2,3)28-26-27(22-10-8-9-11-23(22)39-7)40-19-25(37)34(18-24(36)31-16-17-33(4)5)29(26)35(32-28)20-12-14-21(38-6)15-13-20/h8-15,27H,16-19H2,1-7H3,(H,31,36)/t27-/m1/s1. The summed E-state index contributed by atoms with van der Waals surface area (Å²) in [5.74, 6) is 1.89. The lowest BCUT2D eigenvalue weighted by molar-refractivity contribution is -0.122. The minimum absolute atomic E-state index is 0.107.